The van der Waals surface area contributed by atoms with Crippen LogP contribution in [0.15, 0.2) is 35.5 Å². The number of hydrogen-bond acceptors (Lipinski definition) is 3. The Labute approximate surface area is 149 Å². The van der Waals surface area contributed by atoms with Crippen LogP contribution in [0.2, 0.25) is 5.02 Å². The molecule has 0 unspecified atom stereocenters. The van der Waals surface area contributed by atoms with Gasteiger partial charge in [-0.15, -0.1) is 0 Å². The topological polar surface area (TPSA) is 40.5 Å². The number of benzene rings is 1. The largest absolute Gasteiger partial charge is 0.344 e. The second-order valence-electron chi connectivity index (χ2n) is 5.85. The van der Waals surface area contributed by atoms with E-state index in [9.17, 15) is 0 Å². The number of aromatic nitrogens is 1. The predicted molar refractivity (Wildman–Crippen MR) is 105 cm³/mol. The minimum atomic E-state index is 0.700. The van der Waals surface area contributed by atoms with Gasteiger partial charge in [0.05, 0.1) is 17.0 Å². The quantitative estimate of drug-likeness (QED) is 0.422. The first-order chi connectivity index (χ1) is 11.6. The molecule has 0 bridgehead atoms. The van der Waals surface area contributed by atoms with Crippen molar-refractivity contribution in [3.05, 3.63) is 35.5 Å². The molecule has 0 saturated heterocycles. The molecule has 24 heavy (non-hydrogen) atoms. The summed E-state index contributed by atoms with van der Waals surface area (Å²) in [6.45, 7) is 10.7. The van der Waals surface area contributed by atoms with E-state index < -0.39 is 0 Å². The average molecular weight is 347 g/mol. The van der Waals surface area contributed by atoms with Crippen LogP contribution in [-0.2, 0) is 0 Å². The lowest BCUT2D eigenvalue weighted by Crippen LogP contribution is -2.24. The summed E-state index contributed by atoms with van der Waals surface area (Å²) in [5.41, 5.74) is 1.90. The average Bonchev–Trinajstić information content (AvgIpc) is 2.58. The summed E-state index contributed by atoms with van der Waals surface area (Å²) in [6.07, 6.45) is 4.09. The Morgan fingerprint density at radius 1 is 1.21 bits per heavy atom. The second-order valence-corrected chi connectivity index (χ2v) is 6.28. The maximum absolute atomic E-state index is 6.03. The molecular weight excluding hydrogens is 320 g/mol. The molecule has 0 saturated carbocycles. The van der Waals surface area contributed by atoms with Crippen molar-refractivity contribution in [2.45, 2.75) is 33.6 Å². The number of nitrogens with one attached hydrogen (secondary N) is 1. The Morgan fingerprint density at radius 3 is 2.75 bits per heavy atom. The van der Waals surface area contributed by atoms with Gasteiger partial charge >= 0.3 is 0 Å². The van der Waals surface area contributed by atoms with Crippen molar-refractivity contribution in [1.82, 2.24) is 9.88 Å². The molecule has 1 heterocycles. The van der Waals surface area contributed by atoms with Gasteiger partial charge in [0, 0.05) is 23.2 Å². The lowest BCUT2D eigenvalue weighted by molar-refractivity contribution is 0.298. The summed E-state index contributed by atoms with van der Waals surface area (Å²) in [5.74, 6) is 0.931. The highest BCUT2D eigenvalue weighted by atomic mass is 35.5. The van der Waals surface area contributed by atoms with Crippen LogP contribution in [0, 0.1) is 0 Å². The molecule has 0 aliphatic heterocycles. The monoisotopic (exact) mass is 346 g/mol. The molecule has 0 aliphatic carbocycles. The fraction of sp³-hybridized carbons (Fsp3) is 0.474. The Balaban J connectivity index is 1.89. The van der Waals surface area contributed by atoms with E-state index in [0.29, 0.717) is 5.02 Å². The molecule has 1 aromatic carbocycles. The third-order valence-corrected chi connectivity index (χ3v) is 4.38. The minimum Gasteiger partial charge on any atom is -0.344 e. The number of fused-ring (bicyclic) bond motifs is 1. The maximum Gasteiger partial charge on any atom is 0.0975 e. The van der Waals surface area contributed by atoms with Crippen molar-refractivity contribution in [3.63, 3.8) is 0 Å². The van der Waals surface area contributed by atoms with Gasteiger partial charge in [-0.05, 0) is 63.7 Å². The van der Waals surface area contributed by atoms with Crippen LogP contribution >= 0.6 is 11.6 Å². The van der Waals surface area contributed by atoms with Crippen LogP contribution < -0.4 is 5.32 Å². The van der Waals surface area contributed by atoms with Crippen LogP contribution in [0.3, 0.4) is 0 Å². The highest BCUT2D eigenvalue weighted by Crippen LogP contribution is 2.24. The van der Waals surface area contributed by atoms with Gasteiger partial charge in [0.15, 0.2) is 0 Å². The third-order valence-electron chi connectivity index (χ3n) is 4.15. The lowest BCUT2D eigenvalue weighted by atomic mass is 10.2. The summed E-state index contributed by atoms with van der Waals surface area (Å²) in [4.78, 5) is 11.4. The van der Waals surface area contributed by atoms with E-state index in [1.54, 1.807) is 6.20 Å². The van der Waals surface area contributed by atoms with Gasteiger partial charge in [0.1, 0.15) is 0 Å². The molecule has 1 aromatic heterocycles. The molecule has 0 aliphatic rings. The molecule has 5 heteroatoms. The fourth-order valence-electron chi connectivity index (χ4n) is 2.70. The Kier molecular flexibility index (Phi) is 7.47. The Bertz CT molecular complexity index is 680. The number of nitrogens with zero attached hydrogens (tertiary/aromatic N) is 3. The zero-order chi connectivity index (χ0) is 17.4. The molecule has 130 valence electrons. The maximum atomic E-state index is 6.03. The summed E-state index contributed by atoms with van der Waals surface area (Å²) >= 11 is 6.03. The number of rotatable bonds is 8. The molecule has 0 atom stereocenters. The normalized spacial score (nSPS) is 12.1. The van der Waals surface area contributed by atoms with Crippen molar-refractivity contribution < 1.29 is 0 Å². The number of anilines is 1. The number of hydrogen-bond donors (Lipinski definition) is 1. The van der Waals surface area contributed by atoms with Gasteiger partial charge in [-0.2, -0.15) is 0 Å². The highest BCUT2D eigenvalue weighted by molar-refractivity contribution is 6.31. The van der Waals surface area contributed by atoms with Crippen LogP contribution in [0.5, 0.6) is 0 Å². The van der Waals surface area contributed by atoms with Gasteiger partial charge < -0.3 is 10.2 Å². The molecule has 1 N–H and O–H groups in total. The predicted octanol–water partition coefficient (Wildman–Crippen LogP) is 4.84. The van der Waals surface area contributed by atoms with E-state index >= 15 is 0 Å². The fourth-order valence-corrected chi connectivity index (χ4v) is 2.86. The number of amidine groups is 1. The number of halogens is 1. The third kappa shape index (κ3) is 5.46. The van der Waals surface area contributed by atoms with E-state index in [0.717, 1.165) is 55.0 Å². The molecule has 4 nitrogen and oxygen atoms in total. The van der Waals surface area contributed by atoms with Crippen molar-refractivity contribution in [3.8, 4) is 0 Å². The summed E-state index contributed by atoms with van der Waals surface area (Å²) in [7, 11) is 0. The molecule has 0 spiro atoms. The first-order valence-electron chi connectivity index (χ1n) is 8.68. The Morgan fingerprint density at radius 2 is 2.00 bits per heavy atom. The lowest BCUT2D eigenvalue weighted by Gasteiger charge is -2.17. The van der Waals surface area contributed by atoms with E-state index in [2.05, 4.69) is 34.0 Å². The molecule has 0 fully saturated rings. The Hall–Kier alpha value is -1.65. The highest BCUT2D eigenvalue weighted by Gasteiger charge is 2.03. The van der Waals surface area contributed by atoms with Crippen LogP contribution in [0.25, 0.3) is 10.9 Å². The first kappa shape index (κ1) is 18.7. The number of aliphatic imine (C=N–C) groups is 1. The zero-order valence-electron chi connectivity index (χ0n) is 14.8. The first-order valence-corrected chi connectivity index (χ1v) is 9.06. The van der Waals surface area contributed by atoms with Gasteiger partial charge in [-0.25, -0.2) is 0 Å². The van der Waals surface area contributed by atoms with E-state index in [1.807, 2.05) is 31.2 Å². The second kappa shape index (κ2) is 9.60. The van der Waals surface area contributed by atoms with E-state index in [-0.39, 0.29) is 0 Å². The molecular formula is C19H27ClN4. The van der Waals surface area contributed by atoms with Crippen molar-refractivity contribution in [2.24, 2.45) is 4.99 Å². The van der Waals surface area contributed by atoms with Gasteiger partial charge in [0.25, 0.3) is 0 Å². The van der Waals surface area contributed by atoms with Gasteiger partial charge in [-0.1, -0.05) is 25.4 Å². The number of pyridine rings is 1. The number of unbranched alkanes of at least 4 members (excludes halogenated alkanes) is 1. The summed E-state index contributed by atoms with van der Waals surface area (Å²) < 4.78 is 0. The van der Waals surface area contributed by atoms with E-state index in [4.69, 9.17) is 11.6 Å². The van der Waals surface area contributed by atoms with Crippen LogP contribution in [0.4, 0.5) is 5.69 Å². The summed E-state index contributed by atoms with van der Waals surface area (Å²) in [6, 6.07) is 7.72. The van der Waals surface area contributed by atoms with E-state index in [1.165, 1.54) is 6.42 Å². The van der Waals surface area contributed by atoms with Crippen molar-refractivity contribution >= 4 is 34.0 Å². The SMILES string of the molecule is CCN(CC)CCCCN=C(C)Nc1ccnc2cc(Cl)ccc12. The molecule has 0 radical (unpaired) electrons. The van der Waals surface area contributed by atoms with Gasteiger partial charge in [0.2, 0.25) is 0 Å². The smallest absolute Gasteiger partial charge is 0.0975 e. The van der Waals surface area contributed by atoms with Crippen molar-refractivity contribution in [2.75, 3.05) is 31.5 Å². The van der Waals surface area contributed by atoms with Crippen LogP contribution in [0.1, 0.15) is 33.6 Å². The molecule has 2 rings (SSSR count). The molecule has 2 aromatic rings. The van der Waals surface area contributed by atoms with Gasteiger partial charge in [-0.3, -0.25) is 9.98 Å². The standard InChI is InChI=1S/C19H27ClN4/c1-4-24(5-2)13-7-6-11-21-15(3)23-18-10-12-22-19-14-16(20)8-9-17(18)19/h8-10,12,14H,4-7,11,13H2,1-3H3,(H,21,22,23). The summed E-state index contributed by atoms with van der Waals surface area (Å²) in [5, 5.41) is 5.14. The molecule has 0 amide bonds. The van der Waals surface area contributed by atoms with Crippen molar-refractivity contribution in [1.29, 1.82) is 0 Å². The van der Waals surface area contributed by atoms with Crippen LogP contribution in [-0.4, -0.2) is 41.9 Å². The minimum absolute atomic E-state index is 0.700. The zero-order valence-corrected chi connectivity index (χ0v) is 15.6.